The number of rotatable bonds is 3. The molecule has 0 bridgehead atoms. The molecular formula is C15H19BrN4. The van der Waals surface area contributed by atoms with Gasteiger partial charge in [0, 0.05) is 21.3 Å². The number of aryl methyl sites for hydroxylation is 2. The van der Waals surface area contributed by atoms with Crippen molar-refractivity contribution in [3.8, 4) is 11.4 Å². The number of anilines is 1. The van der Waals surface area contributed by atoms with Crippen molar-refractivity contribution in [1.29, 1.82) is 0 Å². The van der Waals surface area contributed by atoms with Gasteiger partial charge < -0.3 is 5.43 Å². The van der Waals surface area contributed by atoms with Crippen molar-refractivity contribution in [2.75, 3.05) is 5.43 Å². The molecule has 1 aromatic carbocycles. The van der Waals surface area contributed by atoms with Crippen LogP contribution in [0.1, 0.15) is 36.6 Å². The molecule has 3 N–H and O–H groups in total. The number of nitrogens with zero attached hydrogens (tertiary/aromatic N) is 2. The zero-order chi connectivity index (χ0) is 14.9. The molecule has 0 saturated heterocycles. The van der Waals surface area contributed by atoms with Crippen molar-refractivity contribution in [3.05, 3.63) is 39.5 Å². The summed E-state index contributed by atoms with van der Waals surface area (Å²) in [5, 5.41) is 0. The first kappa shape index (κ1) is 14.9. The van der Waals surface area contributed by atoms with Crippen LogP contribution in [0.5, 0.6) is 0 Å². The van der Waals surface area contributed by atoms with Crippen LogP contribution < -0.4 is 11.3 Å². The van der Waals surface area contributed by atoms with Crippen molar-refractivity contribution in [3.63, 3.8) is 0 Å². The molecule has 0 saturated carbocycles. The van der Waals surface area contributed by atoms with Gasteiger partial charge in [-0.2, -0.15) is 0 Å². The van der Waals surface area contributed by atoms with Gasteiger partial charge in [-0.3, -0.25) is 0 Å². The first-order chi connectivity index (χ1) is 9.43. The Morgan fingerprint density at radius 3 is 2.45 bits per heavy atom. The summed E-state index contributed by atoms with van der Waals surface area (Å²) in [5.74, 6) is 7.29. The van der Waals surface area contributed by atoms with Crippen LogP contribution in [0.4, 0.5) is 5.82 Å². The summed E-state index contributed by atoms with van der Waals surface area (Å²) < 4.78 is 0.983. The van der Waals surface area contributed by atoms with Crippen LogP contribution in [-0.4, -0.2) is 9.97 Å². The molecule has 0 aliphatic rings. The van der Waals surface area contributed by atoms with E-state index < -0.39 is 0 Å². The molecule has 2 aromatic rings. The van der Waals surface area contributed by atoms with Gasteiger partial charge >= 0.3 is 0 Å². The van der Waals surface area contributed by atoms with E-state index >= 15 is 0 Å². The van der Waals surface area contributed by atoms with Crippen molar-refractivity contribution in [2.24, 2.45) is 5.84 Å². The monoisotopic (exact) mass is 334 g/mol. The van der Waals surface area contributed by atoms with Gasteiger partial charge in [-0.15, -0.1) is 0 Å². The lowest BCUT2D eigenvalue weighted by Gasteiger charge is -2.16. The lowest BCUT2D eigenvalue weighted by atomic mass is 10.0. The summed E-state index contributed by atoms with van der Waals surface area (Å²) in [6, 6.07) is 6.12. The molecule has 0 spiro atoms. The van der Waals surface area contributed by atoms with Crippen LogP contribution in [0.25, 0.3) is 11.4 Å². The summed E-state index contributed by atoms with van der Waals surface area (Å²) in [5.41, 5.74) is 6.85. The molecule has 0 amide bonds. The quantitative estimate of drug-likeness (QED) is 0.659. The fraction of sp³-hybridized carbons (Fsp3) is 0.333. The Balaban J connectivity index is 2.61. The van der Waals surface area contributed by atoms with Crippen LogP contribution in [0.2, 0.25) is 0 Å². The number of nitrogens with two attached hydrogens (primary N) is 1. The number of benzene rings is 1. The maximum Gasteiger partial charge on any atom is 0.162 e. The van der Waals surface area contributed by atoms with Crippen molar-refractivity contribution in [2.45, 2.75) is 33.6 Å². The predicted octanol–water partition coefficient (Wildman–Crippen LogP) is 3.93. The number of nitrogens with one attached hydrogen (secondary N) is 1. The molecule has 4 nitrogen and oxygen atoms in total. The molecule has 0 radical (unpaired) electrons. The molecule has 1 heterocycles. The number of hydrogen-bond acceptors (Lipinski definition) is 4. The second kappa shape index (κ2) is 5.89. The van der Waals surface area contributed by atoms with Gasteiger partial charge in [0.1, 0.15) is 5.82 Å². The average Bonchev–Trinajstić information content (AvgIpc) is 2.37. The largest absolute Gasteiger partial charge is 0.308 e. The number of hydrazine groups is 1. The number of hydrogen-bond donors (Lipinski definition) is 2. The molecule has 2 rings (SSSR count). The highest BCUT2D eigenvalue weighted by Crippen LogP contribution is 2.31. The Hall–Kier alpha value is -1.46. The Bertz CT molecular complexity index is 638. The maximum atomic E-state index is 5.61. The molecule has 0 aliphatic heterocycles. The smallest absolute Gasteiger partial charge is 0.162 e. The molecule has 106 valence electrons. The normalized spacial score (nSPS) is 10.9. The summed E-state index contributed by atoms with van der Waals surface area (Å²) in [6.45, 7) is 8.25. The third-order valence-corrected chi connectivity index (χ3v) is 3.87. The van der Waals surface area contributed by atoms with Gasteiger partial charge in [-0.25, -0.2) is 15.8 Å². The first-order valence-corrected chi connectivity index (χ1v) is 7.35. The van der Waals surface area contributed by atoms with Gasteiger partial charge in [0.05, 0.1) is 0 Å². The first-order valence-electron chi connectivity index (χ1n) is 6.55. The van der Waals surface area contributed by atoms with Crippen LogP contribution in [0.15, 0.2) is 22.7 Å². The fourth-order valence-corrected chi connectivity index (χ4v) is 2.98. The highest BCUT2D eigenvalue weighted by molar-refractivity contribution is 9.10. The van der Waals surface area contributed by atoms with Crippen molar-refractivity contribution in [1.82, 2.24) is 9.97 Å². The van der Waals surface area contributed by atoms with E-state index in [-0.39, 0.29) is 0 Å². The van der Waals surface area contributed by atoms with Crippen molar-refractivity contribution >= 4 is 21.7 Å². The van der Waals surface area contributed by atoms with Gasteiger partial charge in [-0.05, 0) is 37.5 Å². The molecule has 0 fully saturated rings. The van der Waals surface area contributed by atoms with E-state index in [1.54, 1.807) is 0 Å². The molecule has 1 aromatic heterocycles. The second-order valence-electron chi connectivity index (χ2n) is 5.18. The molecule has 20 heavy (non-hydrogen) atoms. The van der Waals surface area contributed by atoms with Gasteiger partial charge in [0.2, 0.25) is 0 Å². The second-order valence-corrected chi connectivity index (χ2v) is 6.03. The molecule has 0 atom stereocenters. The molecule has 0 aliphatic carbocycles. The van der Waals surface area contributed by atoms with E-state index in [2.05, 4.69) is 58.2 Å². The number of halogens is 1. The average molecular weight is 335 g/mol. The molecule has 5 heteroatoms. The van der Waals surface area contributed by atoms with E-state index in [9.17, 15) is 0 Å². The number of aromatic nitrogens is 2. The molecular weight excluding hydrogens is 316 g/mol. The SMILES string of the molecule is Cc1ccc(-c2nc(C)c(C(C)C)c(NN)n2)c(Br)c1. The van der Waals surface area contributed by atoms with Crippen LogP contribution in [0, 0.1) is 13.8 Å². The van der Waals surface area contributed by atoms with Crippen molar-refractivity contribution < 1.29 is 0 Å². The number of nitrogen functional groups attached to an aromatic ring is 1. The lowest BCUT2D eigenvalue weighted by Crippen LogP contribution is -2.14. The van der Waals surface area contributed by atoms with E-state index in [0.717, 1.165) is 21.3 Å². The molecule has 0 unspecified atom stereocenters. The van der Waals surface area contributed by atoms with Crippen LogP contribution in [-0.2, 0) is 0 Å². The highest BCUT2D eigenvalue weighted by atomic mass is 79.9. The third-order valence-electron chi connectivity index (χ3n) is 3.22. The maximum absolute atomic E-state index is 5.61. The zero-order valence-electron chi connectivity index (χ0n) is 12.2. The van der Waals surface area contributed by atoms with Crippen LogP contribution in [0.3, 0.4) is 0 Å². The minimum atomic E-state index is 0.316. The predicted molar refractivity (Wildman–Crippen MR) is 86.5 cm³/mol. The summed E-state index contributed by atoms with van der Waals surface area (Å²) in [6.07, 6.45) is 0. The van der Waals surface area contributed by atoms with E-state index in [1.165, 1.54) is 5.56 Å². The Morgan fingerprint density at radius 1 is 1.20 bits per heavy atom. The summed E-state index contributed by atoms with van der Waals surface area (Å²) >= 11 is 3.57. The fourth-order valence-electron chi connectivity index (χ4n) is 2.30. The Kier molecular flexibility index (Phi) is 4.40. The highest BCUT2D eigenvalue weighted by Gasteiger charge is 2.16. The van der Waals surface area contributed by atoms with Crippen LogP contribution >= 0.6 is 15.9 Å². The minimum absolute atomic E-state index is 0.316. The minimum Gasteiger partial charge on any atom is -0.308 e. The summed E-state index contributed by atoms with van der Waals surface area (Å²) in [7, 11) is 0. The third kappa shape index (κ3) is 2.83. The zero-order valence-corrected chi connectivity index (χ0v) is 13.7. The Morgan fingerprint density at radius 2 is 1.90 bits per heavy atom. The van der Waals surface area contributed by atoms with Gasteiger partial charge in [0.15, 0.2) is 5.82 Å². The Labute approximate surface area is 127 Å². The summed E-state index contributed by atoms with van der Waals surface area (Å²) in [4.78, 5) is 9.18. The topological polar surface area (TPSA) is 63.8 Å². The van der Waals surface area contributed by atoms with Gasteiger partial charge in [-0.1, -0.05) is 35.8 Å². The lowest BCUT2D eigenvalue weighted by molar-refractivity contribution is 0.831. The van der Waals surface area contributed by atoms with E-state index in [1.807, 2.05) is 19.1 Å². The van der Waals surface area contributed by atoms with E-state index in [0.29, 0.717) is 17.6 Å². The standard InChI is InChI=1S/C15H19BrN4/c1-8(2)13-10(4)18-14(19-15(13)20-17)11-6-5-9(3)7-12(11)16/h5-8H,17H2,1-4H3,(H,18,19,20). The van der Waals surface area contributed by atoms with Gasteiger partial charge in [0.25, 0.3) is 0 Å². The van der Waals surface area contributed by atoms with E-state index in [4.69, 9.17) is 5.84 Å².